The number of pyridine rings is 1. The van der Waals surface area contributed by atoms with Crippen molar-refractivity contribution in [3.05, 3.63) is 29.6 Å². The third-order valence-corrected chi connectivity index (χ3v) is 4.59. The number of aliphatic carboxylic acids is 1. The second-order valence-corrected chi connectivity index (χ2v) is 6.35. The summed E-state index contributed by atoms with van der Waals surface area (Å²) in [5, 5.41) is 7.30. The van der Waals surface area contributed by atoms with E-state index in [0.717, 1.165) is 11.3 Å². The van der Waals surface area contributed by atoms with Crippen molar-refractivity contribution in [2.24, 2.45) is 0 Å². The van der Waals surface area contributed by atoms with E-state index in [4.69, 9.17) is 5.11 Å². The largest absolute Gasteiger partial charge is 0.480 e. The molecule has 1 unspecified atom stereocenters. The zero-order valence-corrected chi connectivity index (χ0v) is 11.8. The highest BCUT2D eigenvalue weighted by Crippen LogP contribution is 2.07. The van der Waals surface area contributed by atoms with Crippen LogP contribution >= 0.6 is 12.4 Å². The number of carboxylic acid groups (broad SMARTS) is 1. The van der Waals surface area contributed by atoms with Crippen molar-refractivity contribution in [2.75, 3.05) is 5.75 Å². The first-order valence-electron chi connectivity index (χ1n) is 5.19. The molecule has 0 aliphatic rings. The lowest BCUT2D eigenvalue weighted by Gasteiger charge is -2.08. The fourth-order valence-electron chi connectivity index (χ4n) is 1.24. The molecule has 0 amide bonds. The normalized spacial score (nSPS) is 12.6. The van der Waals surface area contributed by atoms with E-state index in [0.29, 0.717) is 0 Å². The molecule has 0 bridgehead atoms. The Morgan fingerprint density at radius 3 is 2.50 bits per heavy atom. The number of aromatic nitrogens is 1. The molecule has 0 fully saturated rings. The van der Waals surface area contributed by atoms with Gasteiger partial charge in [0, 0.05) is 11.9 Å². The number of sulfone groups is 1. The lowest BCUT2D eigenvalue weighted by molar-refractivity contribution is -0.136. The SMILES string of the molecule is Cc1ccc(CCS(=O)(=O)C(C)C(=O)O)cn1.Cl. The van der Waals surface area contributed by atoms with Crippen molar-refractivity contribution >= 4 is 28.2 Å². The predicted molar refractivity (Wildman–Crippen MR) is 70.8 cm³/mol. The van der Waals surface area contributed by atoms with Gasteiger partial charge in [0.1, 0.15) is 0 Å². The van der Waals surface area contributed by atoms with Crippen LogP contribution in [0.25, 0.3) is 0 Å². The van der Waals surface area contributed by atoms with Gasteiger partial charge in [-0.05, 0) is 31.9 Å². The van der Waals surface area contributed by atoms with Crippen LogP contribution in [0.4, 0.5) is 0 Å². The highest BCUT2D eigenvalue weighted by Gasteiger charge is 2.26. The number of nitrogens with zero attached hydrogens (tertiary/aromatic N) is 1. The average Bonchev–Trinajstić information content (AvgIpc) is 2.27. The van der Waals surface area contributed by atoms with E-state index in [9.17, 15) is 13.2 Å². The molecule has 0 spiro atoms. The van der Waals surface area contributed by atoms with Gasteiger partial charge in [-0.25, -0.2) is 8.42 Å². The first-order chi connectivity index (χ1) is 7.83. The van der Waals surface area contributed by atoms with Crippen LogP contribution in [0, 0.1) is 6.92 Å². The Bertz CT molecular complexity index is 498. The molecule has 7 heteroatoms. The lowest BCUT2D eigenvalue weighted by atomic mass is 10.2. The summed E-state index contributed by atoms with van der Waals surface area (Å²) in [7, 11) is -3.60. The summed E-state index contributed by atoms with van der Waals surface area (Å²) in [6.45, 7) is 3.03. The first kappa shape index (κ1) is 16.9. The van der Waals surface area contributed by atoms with Crippen LogP contribution in [0.5, 0.6) is 0 Å². The van der Waals surface area contributed by atoms with Crippen molar-refractivity contribution in [1.82, 2.24) is 4.98 Å². The molecule has 0 aromatic carbocycles. The number of halogens is 1. The van der Waals surface area contributed by atoms with Gasteiger partial charge in [-0.2, -0.15) is 0 Å². The number of rotatable bonds is 5. The Morgan fingerprint density at radius 2 is 2.06 bits per heavy atom. The molecule has 1 aromatic rings. The zero-order chi connectivity index (χ0) is 13.1. The van der Waals surface area contributed by atoms with Crippen LogP contribution in [0.15, 0.2) is 18.3 Å². The van der Waals surface area contributed by atoms with Gasteiger partial charge in [0.05, 0.1) is 5.75 Å². The van der Waals surface area contributed by atoms with Crippen LogP contribution in [-0.4, -0.2) is 35.5 Å². The van der Waals surface area contributed by atoms with Crippen molar-refractivity contribution < 1.29 is 18.3 Å². The Balaban J connectivity index is 0.00000289. The van der Waals surface area contributed by atoms with E-state index in [1.165, 1.54) is 6.92 Å². The highest BCUT2D eigenvalue weighted by atomic mass is 35.5. The fourth-order valence-corrected chi connectivity index (χ4v) is 2.42. The Kier molecular flexibility index (Phi) is 6.28. The average molecular weight is 294 g/mol. The third-order valence-electron chi connectivity index (χ3n) is 2.53. The molecule has 5 nitrogen and oxygen atoms in total. The molecule has 0 radical (unpaired) electrons. The van der Waals surface area contributed by atoms with Crippen LogP contribution in [0.2, 0.25) is 0 Å². The van der Waals surface area contributed by atoms with Crippen LogP contribution in [-0.2, 0) is 21.1 Å². The van der Waals surface area contributed by atoms with E-state index in [-0.39, 0.29) is 24.6 Å². The molecule has 102 valence electrons. The quantitative estimate of drug-likeness (QED) is 0.883. The van der Waals surface area contributed by atoms with E-state index < -0.39 is 21.1 Å². The number of hydrogen-bond acceptors (Lipinski definition) is 4. The second-order valence-electron chi connectivity index (χ2n) is 3.91. The van der Waals surface area contributed by atoms with Crippen molar-refractivity contribution in [2.45, 2.75) is 25.5 Å². The van der Waals surface area contributed by atoms with E-state index in [1.54, 1.807) is 18.3 Å². The van der Waals surface area contributed by atoms with Crippen LogP contribution in [0.3, 0.4) is 0 Å². The fraction of sp³-hybridized carbons (Fsp3) is 0.455. The van der Waals surface area contributed by atoms with Crippen LogP contribution < -0.4 is 0 Å². The minimum atomic E-state index is -3.60. The predicted octanol–water partition coefficient (Wildman–Crippen LogP) is 1.24. The molecular weight excluding hydrogens is 278 g/mol. The van der Waals surface area contributed by atoms with Crippen molar-refractivity contribution in [1.29, 1.82) is 0 Å². The molecule has 0 saturated carbocycles. The van der Waals surface area contributed by atoms with E-state index in [2.05, 4.69) is 4.98 Å². The Labute approximate surface area is 113 Å². The third kappa shape index (κ3) is 4.62. The van der Waals surface area contributed by atoms with Gasteiger partial charge >= 0.3 is 5.97 Å². The van der Waals surface area contributed by atoms with Gasteiger partial charge in [0.15, 0.2) is 15.1 Å². The summed E-state index contributed by atoms with van der Waals surface area (Å²) < 4.78 is 23.2. The molecule has 1 atom stereocenters. The molecule has 1 aromatic heterocycles. The Hall–Kier alpha value is -1.14. The summed E-state index contributed by atoms with van der Waals surface area (Å²) >= 11 is 0. The molecule has 1 rings (SSSR count). The van der Waals surface area contributed by atoms with E-state index >= 15 is 0 Å². The van der Waals surface area contributed by atoms with Gasteiger partial charge < -0.3 is 5.11 Å². The standard InChI is InChI=1S/C11H15NO4S.ClH/c1-8-3-4-10(7-12-8)5-6-17(15,16)9(2)11(13)14;/h3-4,7,9H,5-6H2,1-2H3,(H,13,14);1H. The van der Waals surface area contributed by atoms with Gasteiger partial charge in [0.2, 0.25) is 0 Å². The maximum absolute atomic E-state index is 11.6. The molecule has 18 heavy (non-hydrogen) atoms. The van der Waals surface area contributed by atoms with Crippen molar-refractivity contribution in [3.8, 4) is 0 Å². The summed E-state index contributed by atoms with van der Waals surface area (Å²) in [5.74, 6) is -1.49. The molecule has 0 saturated heterocycles. The number of hydrogen-bond donors (Lipinski definition) is 1. The maximum atomic E-state index is 11.6. The monoisotopic (exact) mass is 293 g/mol. The van der Waals surface area contributed by atoms with Gasteiger partial charge in [-0.1, -0.05) is 6.07 Å². The van der Waals surface area contributed by atoms with Crippen LogP contribution in [0.1, 0.15) is 18.2 Å². The minimum Gasteiger partial charge on any atom is -0.480 e. The molecule has 1 heterocycles. The second kappa shape index (κ2) is 6.70. The number of carbonyl (C=O) groups is 1. The summed E-state index contributed by atoms with van der Waals surface area (Å²) in [6, 6.07) is 3.59. The summed E-state index contributed by atoms with van der Waals surface area (Å²) in [4.78, 5) is 14.7. The number of carboxylic acids is 1. The summed E-state index contributed by atoms with van der Waals surface area (Å²) in [6.07, 6.45) is 1.89. The topological polar surface area (TPSA) is 84.3 Å². The molecule has 1 N–H and O–H groups in total. The summed E-state index contributed by atoms with van der Waals surface area (Å²) in [5.41, 5.74) is 1.65. The van der Waals surface area contributed by atoms with Gasteiger partial charge in [0.25, 0.3) is 0 Å². The highest BCUT2D eigenvalue weighted by molar-refractivity contribution is 7.92. The van der Waals surface area contributed by atoms with Gasteiger partial charge in [-0.15, -0.1) is 12.4 Å². The molecule has 0 aliphatic heterocycles. The van der Waals surface area contributed by atoms with Crippen molar-refractivity contribution in [3.63, 3.8) is 0 Å². The smallest absolute Gasteiger partial charge is 0.321 e. The molecular formula is C11H16ClNO4S. The first-order valence-corrected chi connectivity index (χ1v) is 6.90. The lowest BCUT2D eigenvalue weighted by Crippen LogP contribution is -2.29. The molecule has 0 aliphatic carbocycles. The Morgan fingerprint density at radius 1 is 1.44 bits per heavy atom. The van der Waals surface area contributed by atoms with Gasteiger partial charge in [-0.3, -0.25) is 9.78 Å². The zero-order valence-electron chi connectivity index (χ0n) is 10.2. The maximum Gasteiger partial charge on any atom is 0.321 e. The van der Waals surface area contributed by atoms with E-state index in [1.807, 2.05) is 6.92 Å². The minimum absolute atomic E-state index is 0. The number of aryl methyl sites for hydroxylation is 2.